The first-order valence-corrected chi connectivity index (χ1v) is 6.61. The molecule has 1 fully saturated rings. The summed E-state index contributed by atoms with van der Waals surface area (Å²) in [7, 11) is 0. The third-order valence-corrected chi connectivity index (χ3v) is 3.34. The van der Waals surface area contributed by atoms with Crippen molar-refractivity contribution in [2.45, 2.75) is 31.8 Å². The standard InChI is InChI=1S/C13H17N5O3/c1-7(2)20-4-8-3-9(19)13(21-8)18-6-17-10-11(14)15-5-16-12(10)18/h5-6,8-9,13,19H,1,3-4H2,2H3,(H2,14,15,16)/t8-,9+,13+/m0/s1. The Bertz CT molecular complexity index is 671. The molecular formula is C13H17N5O3. The fraction of sp³-hybridized carbons (Fsp3) is 0.462. The Balaban J connectivity index is 1.82. The second-order valence-corrected chi connectivity index (χ2v) is 5.05. The van der Waals surface area contributed by atoms with Gasteiger partial charge in [-0.05, 0) is 6.92 Å². The second kappa shape index (κ2) is 5.30. The molecule has 8 heteroatoms. The van der Waals surface area contributed by atoms with Crippen LogP contribution in [0.25, 0.3) is 11.2 Å². The first-order valence-electron chi connectivity index (χ1n) is 6.61. The van der Waals surface area contributed by atoms with Crippen LogP contribution in [0.1, 0.15) is 19.6 Å². The number of ether oxygens (including phenoxy) is 2. The number of hydrogen-bond acceptors (Lipinski definition) is 7. The molecule has 21 heavy (non-hydrogen) atoms. The van der Waals surface area contributed by atoms with Crippen LogP contribution in [0, 0.1) is 0 Å². The number of nitrogens with zero attached hydrogens (tertiary/aromatic N) is 4. The number of aliphatic hydroxyl groups is 1. The molecule has 0 radical (unpaired) electrons. The number of fused-ring (bicyclic) bond motifs is 1. The number of aromatic nitrogens is 4. The molecule has 0 amide bonds. The van der Waals surface area contributed by atoms with Gasteiger partial charge in [-0.15, -0.1) is 0 Å². The van der Waals surface area contributed by atoms with Crippen LogP contribution in [0.3, 0.4) is 0 Å². The van der Waals surface area contributed by atoms with Crippen molar-refractivity contribution in [3.05, 3.63) is 25.0 Å². The van der Waals surface area contributed by atoms with Crippen LogP contribution in [0.15, 0.2) is 25.0 Å². The molecule has 0 spiro atoms. The van der Waals surface area contributed by atoms with Gasteiger partial charge in [0.2, 0.25) is 0 Å². The molecule has 2 aromatic heterocycles. The third-order valence-electron chi connectivity index (χ3n) is 3.34. The van der Waals surface area contributed by atoms with Crippen molar-refractivity contribution >= 4 is 17.0 Å². The molecule has 0 aliphatic carbocycles. The fourth-order valence-electron chi connectivity index (χ4n) is 2.38. The van der Waals surface area contributed by atoms with E-state index in [4.69, 9.17) is 15.2 Å². The maximum atomic E-state index is 10.2. The van der Waals surface area contributed by atoms with E-state index in [1.807, 2.05) is 0 Å². The normalized spacial score (nSPS) is 25.3. The van der Waals surface area contributed by atoms with Gasteiger partial charge in [0.15, 0.2) is 17.7 Å². The number of nitrogen functional groups attached to an aromatic ring is 1. The van der Waals surface area contributed by atoms with Gasteiger partial charge in [0, 0.05) is 6.42 Å². The molecule has 0 unspecified atom stereocenters. The van der Waals surface area contributed by atoms with Crippen LogP contribution >= 0.6 is 0 Å². The van der Waals surface area contributed by atoms with Gasteiger partial charge in [0.25, 0.3) is 0 Å². The topological polar surface area (TPSA) is 108 Å². The van der Waals surface area contributed by atoms with E-state index in [-0.39, 0.29) is 6.10 Å². The van der Waals surface area contributed by atoms with Crippen molar-refractivity contribution in [2.24, 2.45) is 0 Å². The molecule has 0 saturated carbocycles. The first-order chi connectivity index (χ1) is 10.1. The number of nitrogens with two attached hydrogens (primary N) is 1. The van der Waals surface area contributed by atoms with Crippen molar-refractivity contribution in [1.29, 1.82) is 0 Å². The van der Waals surface area contributed by atoms with Crippen LogP contribution in [-0.2, 0) is 9.47 Å². The largest absolute Gasteiger partial charge is 0.496 e. The average Bonchev–Trinajstić information content (AvgIpc) is 3.01. The number of aliphatic hydroxyl groups excluding tert-OH is 1. The lowest BCUT2D eigenvalue weighted by Crippen LogP contribution is -2.19. The predicted octanol–water partition coefficient (Wildman–Crippen LogP) is 0.607. The zero-order chi connectivity index (χ0) is 15.0. The zero-order valence-corrected chi connectivity index (χ0v) is 11.6. The maximum Gasteiger partial charge on any atom is 0.167 e. The quantitative estimate of drug-likeness (QED) is 0.794. The van der Waals surface area contributed by atoms with Crippen molar-refractivity contribution in [3.8, 4) is 0 Å². The number of allylic oxidation sites excluding steroid dienone is 1. The van der Waals surface area contributed by atoms with Gasteiger partial charge in [-0.1, -0.05) is 6.58 Å². The van der Waals surface area contributed by atoms with Gasteiger partial charge in [-0.2, -0.15) is 0 Å². The molecular weight excluding hydrogens is 274 g/mol. The summed E-state index contributed by atoms with van der Waals surface area (Å²) in [5.74, 6) is 0.915. The highest BCUT2D eigenvalue weighted by molar-refractivity contribution is 5.81. The van der Waals surface area contributed by atoms with Gasteiger partial charge in [-0.25, -0.2) is 15.0 Å². The van der Waals surface area contributed by atoms with Gasteiger partial charge in [0.05, 0.1) is 18.2 Å². The summed E-state index contributed by atoms with van der Waals surface area (Å²) < 4.78 is 12.8. The highest BCUT2D eigenvalue weighted by Crippen LogP contribution is 2.31. The lowest BCUT2D eigenvalue weighted by Gasteiger charge is -2.17. The van der Waals surface area contributed by atoms with Crippen LogP contribution in [0.2, 0.25) is 0 Å². The minimum Gasteiger partial charge on any atom is -0.496 e. The summed E-state index contributed by atoms with van der Waals surface area (Å²) in [6, 6.07) is 0. The summed E-state index contributed by atoms with van der Waals surface area (Å²) >= 11 is 0. The van der Waals surface area contributed by atoms with E-state index in [2.05, 4.69) is 21.5 Å². The van der Waals surface area contributed by atoms with Crippen LogP contribution in [0.5, 0.6) is 0 Å². The Labute approximate surface area is 121 Å². The van der Waals surface area contributed by atoms with E-state index in [0.29, 0.717) is 35.8 Å². The summed E-state index contributed by atoms with van der Waals surface area (Å²) in [4.78, 5) is 12.2. The summed E-state index contributed by atoms with van der Waals surface area (Å²) in [6.45, 7) is 5.79. The molecule has 8 nitrogen and oxygen atoms in total. The Morgan fingerprint density at radius 2 is 2.38 bits per heavy atom. The molecule has 1 aliphatic heterocycles. The molecule has 3 rings (SSSR count). The Hall–Kier alpha value is -2.19. The monoisotopic (exact) mass is 291 g/mol. The maximum absolute atomic E-state index is 10.2. The second-order valence-electron chi connectivity index (χ2n) is 5.05. The van der Waals surface area contributed by atoms with Crippen molar-refractivity contribution in [3.63, 3.8) is 0 Å². The van der Waals surface area contributed by atoms with E-state index in [1.54, 1.807) is 17.8 Å². The van der Waals surface area contributed by atoms with Crippen molar-refractivity contribution < 1.29 is 14.6 Å². The molecule has 2 aromatic rings. The number of imidazole rings is 1. The summed E-state index contributed by atoms with van der Waals surface area (Å²) in [5.41, 5.74) is 6.78. The van der Waals surface area contributed by atoms with E-state index in [0.717, 1.165) is 0 Å². The molecule has 3 N–H and O–H groups in total. The highest BCUT2D eigenvalue weighted by Gasteiger charge is 2.36. The fourth-order valence-corrected chi connectivity index (χ4v) is 2.38. The minimum absolute atomic E-state index is 0.210. The predicted molar refractivity (Wildman–Crippen MR) is 75.0 cm³/mol. The minimum atomic E-state index is -0.669. The Kier molecular flexibility index (Phi) is 3.48. The zero-order valence-electron chi connectivity index (χ0n) is 11.6. The molecule has 0 bridgehead atoms. The first kappa shape index (κ1) is 13.8. The van der Waals surface area contributed by atoms with E-state index in [1.165, 1.54) is 6.33 Å². The highest BCUT2D eigenvalue weighted by atomic mass is 16.6. The average molecular weight is 291 g/mol. The van der Waals surface area contributed by atoms with E-state index >= 15 is 0 Å². The van der Waals surface area contributed by atoms with Crippen LogP contribution in [-0.4, -0.2) is 43.4 Å². The third kappa shape index (κ3) is 2.55. The van der Waals surface area contributed by atoms with Gasteiger partial charge in [0.1, 0.15) is 24.6 Å². The molecule has 3 atom stereocenters. The van der Waals surface area contributed by atoms with Crippen molar-refractivity contribution in [2.75, 3.05) is 12.3 Å². The lowest BCUT2D eigenvalue weighted by atomic mass is 10.2. The van der Waals surface area contributed by atoms with Gasteiger partial charge < -0.3 is 20.3 Å². The Morgan fingerprint density at radius 3 is 3.14 bits per heavy atom. The van der Waals surface area contributed by atoms with Crippen LogP contribution in [0.4, 0.5) is 5.82 Å². The molecule has 1 saturated heterocycles. The lowest BCUT2D eigenvalue weighted by molar-refractivity contribution is -0.0523. The van der Waals surface area contributed by atoms with Gasteiger partial charge >= 0.3 is 0 Å². The SMILES string of the molecule is C=C(C)OC[C@@H]1C[C@@H](O)[C@H](n2cnc3c(N)ncnc32)O1. The smallest absolute Gasteiger partial charge is 0.167 e. The molecule has 112 valence electrons. The summed E-state index contributed by atoms with van der Waals surface area (Å²) in [5, 5.41) is 10.2. The number of anilines is 1. The van der Waals surface area contributed by atoms with Gasteiger partial charge in [-0.3, -0.25) is 4.57 Å². The molecule has 1 aliphatic rings. The number of hydrogen-bond donors (Lipinski definition) is 2. The molecule has 0 aromatic carbocycles. The van der Waals surface area contributed by atoms with E-state index < -0.39 is 12.3 Å². The Morgan fingerprint density at radius 1 is 1.57 bits per heavy atom. The summed E-state index contributed by atoms with van der Waals surface area (Å²) in [6.07, 6.45) is 1.93. The number of rotatable bonds is 4. The van der Waals surface area contributed by atoms with E-state index in [9.17, 15) is 5.11 Å². The van der Waals surface area contributed by atoms with Crippen LogP contribution < -0.4 is 5.73 Å². The molecule has 3 heterocycles. The van der Waals surface area contributed by atoms with Crippen molar-refractivity contribution in [1.82, 2.24) is 19.5 Å².